The normalized spacial score (nSPS) is 11.0. The molecule has 0 heterocycles. The van der Waals surface area contributed by atoms with Crippen molar-refractivity contribution >= 4 is 13.2 Å². The Morgan fingerprint density at radius 2 is 1.60 bits per heavy atom. The quantitative estimate of drug-likeness (QED) is 0.654. The summed E-state index contributed by atoms with van der Waals surface area (Å²) in [5, 5.41) is 1.65. The van der Waals surface area contributed by atoms with E-state index in [0.29, 0.717) is 0 Å². The maximum Gasteiger partial charge on any atom is -0.0209 e. The van der Waals surface area contributed by atoms with Crippen LogP contribution in [0.15, 0.2) is 18.2 Å². The highest BCUT2D eigenvalue weighted by Gasteiger charge is 2.11. The van der Waals surface area contributed by atoms with E-state index in [2.05, 4.69) is 45.9 Å². The molecule has 0 aliphatic heterocycles. The second kappa shape index (κ2) is 6.28. The molecule has 0 saturated carbocycles. The van der Waals surface area contributed by atoms with Gasteiger partial charge in [-0.05, 0) is 42.6 Å². The number of hydrogen-bond acceptors (Lipinski definition) is 0. The summed E-state index contributed by atoms with van der Waals surface area (Å²) in [6.07, 6.45) is 5.43. The van der Waals surface area contributed by atoms with Crippen LogP contribution in [-0.2, 0) is 0 Å². The third kappa shape index (κ3) is 3.31. The highest BCUT2D eigenvalue weighted by molar-refractivity contribution is 7.65. The van der Waals surface area contributed by atoms with Gasteiger partial charge in [0.1, 0.15) is 0 Å². The van der Waals surface area contributed by atoms with Crippen molar-refractivity contribution in [3.63, 3.8) is 0 Å². The van der Waals surface area contributed by atoms with E-state index in [-0.39, 0.29) is 7.92 Å². The molecule has 1 rings (SSSR count). The van der Waals surface area contributed by atoms with E-state index in [0.717, 1.165) is 0 Å². The summed E-state index contributed by atoms with van der Waals surface area (Å²) in [6, 6.07) is 6.79. The Kier molecular flexibility index (Phi) is 5.32. The number of benzene rings is 1. The van der Waals surface area contributed by atoms with Gasteiger partial charge >= 0.3 is 0 Å². The van der Waals surface area contributed by atoms with E-state index >= 15 is 0 Å². The first-order valence-corrected chi connectivity index (χ1v) is 7.73. The Labute approximate surface area is 95.9 Å². The molecule has 0 unspecified atom stereocenters. The topological polar surface area (TPSA) is 0 Å². The molecule has 0 nitrogen and oxygen atoms in total. The van der Waals surface area contributed by atoms with Crippen LogP contribution < -0.4 is 5.30 Å². The lowest BCUT2D eigenvalue weighted by Crippen LogP contribution is -2.11. The van der Waals surface area contributed by atoms with Crippen LogP contribution in [0.2, 0.25) is 0 Å². The standard InChI is InChI=1S/C14H23P/c1-5-10-15(11-6-2)14-9-7-8-12(3)13(14)4/h7-9H,5-6,10-11H2,1-4H3. The minimum absolute atomic E-state index is 0.107. The van der Waals surface area contributed by atoms with Gasteiger partial charge in [0.2, 0.25) is 0 Å². The molecule has 15 heavy (non-hydrogen) atoms. The van der Waals surface area contributed by atoms with Crippen molar-refractivity contribution in [2.24, 2.45) is 0 Å². The molecule has 0 amide bonds. The van der Waals surface area contributed by atoms with Gasteiger partial charge in [-0.25, -0.2) is 0 Å². The van der Waals surface area contributed by atoms with Crippen molar-refractivity contribution in [1.82, 2.24) is 0 Å². The Bertz CT molecular complexity index is 298. The van der Waals surface area contributed by atoms with Crippen LogP contribution in [0.3, 0.4) is 0 Å². The minimum atomic E-state index is 0.107. The first kappa shape index (κ1) is 12.7. The Morgan fingerprint density at radius 3 is 2.13 bits per heavy atom. The SMILES string of the molecule is CCCP(CCC)c1cccc(C)c1C. The highest BCUT2D eigenvalue weighted by atomic mass is 31.1. The fraction of sp³-hybridized carbons (Fsp3) is 0.571. The minimum Gasteiger partial charge on any atom is -0.0750 e. The van der Waals surface area contributed by atoms with Crippen LogP contribution >= 0.6 is 7.92 Å². The molecule has 0 N–H and O–H groups in total. The van der Waals surface area contributed by atoms with Crippen LogP contribution in [0, 0.1) is 13.8 Å². The van der Waals surface area contributed by atoms with Gasteiger partial charge in [0.15, 0.2) is 0 Å². The lowest BCUT2D eigenvalue weighted by Gasteiger charge is -2.20. The Balaban J connectivity index is 2.94. The van der Waals surface area contributed by atoms with Gasteiger partial charge in [-0.3, -0.25) is 0 Å². The van der Waals surface area contributed by atoms with Crippen LogP contribution in [0.1, 0.15) is 37.8 Å². The summed E-state index contributed by atoms with van der Waals surface area (Å²) in [5.74, 6) is 0. The number of aryl methyl sites for hydroxylation is 1. The average molecular weight is 222 g/mol. The predicted molar refractivity (Wildman–Crippen MR) is 72.8 cm³/mol. The summed E-state index contributed by atoms with van der Waals surface area (Å²) < 4.78 is 0. The summed E-state index contributed by atoms with van der Waals surface area (Å²) >= 11 is 0. The molecule has 0 spiro atoms. The third-order valence-electron chi connectivity index (χ3n) is 2.90. The van der Waals surface area contributed by atoms with Gasteiger partial charge < -0.3 is 0 Å². The van der Waals surface area contributed by atoms with E-state index in [1.807, 2.05) is 0 Å². The Hall–Kier alpha value is -0.350. The molecular weight excluding hydrogens is 199 g/mol. The molecular formula is C14H23P. The lowest BCUT2D eigenvalue weighted by atomic mass is 10.1. The van der Waals surface area contributed by atoms with Crippen LogP contribution in [0.4, 0.5) is 0 Å². The number of rotatable bonds is 5. The van der Waals surface area contributed by atoms with Crippen molar-refractivity contribution in [1.29, 1.82) is 0 Å². The fourth-order valence-corrected chi connectivity index (χ4v) is 4.70. The summed E-state index contributed by atoms with van der Waals surface area (Å²) in [7, 11) is 0.107. The molecule has 0 aliphatic carbocycles. The van der Waals surface area contributed by atoms with E-state index in [4.69, 9.17) is 0 Å². The Morgan fingerprint density at radius 1 is 1.00 bits per heavy atom. The largest absolute Gasteiger partial charge is 0.0750 e. The molecule has 0 aromatic heterocycles. The zero-order valence-electron chi connectivity index (χ0n) is 10.5. The third-order valence-corrected chi connectivity index (χ3v) is 6.04. The molecule has 0 aliphatic rings. The second-order valence-electron chi connectivity index (χ2n) is 4.21. The zero-order valence-corrected chi connectivity index (χ0v) is 11.4. The van der Waals surface area contributed by atoms with Crippen molar-refractivity contribution in [2.75, 3.05) is 12.3 Å². The average Bonchev–Trinajstić information content (AvgIpc) is 2.22. The van der Waals surface area contributed by atoms with Gasteiger partial charge in [0.05, 0.1) is 0 Å². The van der Waals surface area contributed by atoms with Gasteiger partial charge in [-0.15, -0.1) is 0 Å². The molecule has 0 bridgehead atoms. The van der Waals surface area contributed by atoms with Crippen molar-refractivity contribution in [3.05, 3.63) is 29.3 Å². The van der Waals surface area contributed by atoms with Crippen LogP contribution in [-0.4, -0.2) is 12.3 Å². The van der Waals surface area contributed by atoms with Crippen LogP contribution in [0.25, 0.3) is 0 Å². The monoisotopic (exact) mass is 222 g/mol. The molecule has 84 valence electrons. The van der Waals surface area contributed by atoms with Gasteiger partial charge in [-0.1, -0.05) is 52.8 Å². The zero-order chi connectivity index (χ0) is 11.3. The molecule has 0 fully saturated rings. The second-order valence-corrected chi connectivity index (χ2v) is 6.66. The van der Waals surface area contributed by atoms with Crippen molar-refractivity contribution in [2.45, 2.75) is 40.5 Å². The predicted octanol–water partition coefficient (Wildman–Crippen LogP) is 4.23. The summed E-state index contributed by atoms with van der Waals surface area (Å²) in [4.78, 5) is 0. The van der Waals surface area contributed by atoms with E-state index in [1.165, 1.54) is 36.3 Å². The lowest BCUT2D eigenvalue weighted by molar-refractivity contribution is 1.06. The molecule has 0 atom stereocenters. The van der Waals surface area contributed by atoms with Crippen molar-refractivity contribution in [3.8, 4) is 0 Å². The molecule has 0 saturated heterocycles. The smallest absolute Gasteiger partial charge is 0.0209 e. The maximum atomic E-state index is 2.35. The van der Waals surface area contributed by atoms with Gasteiger partial charge in [0.25, 0.3) is 0 Å². The van der Waals surface area contributed by atoms with Gasteiger partial charge in [-0.2, -0.15) is 0 Å². The first-order chi connectivity index (χ1) is 7.20. The number of hydrogen-bond donors (Lipinski definition) is 0. The van der Waals surface area contributed by atoms with Gasteiger partial charge in [0, 0.05) is 0 Å². The first-order valence-electron chi connectivity index (χ1n) is 6.01. The maximum absolute atomic E-state index is 2.35. The molecule has 1 aromatic rings. The van der Waals surface area contributed by atoms with E-state index in [9.17, 15) is 0 Å². The summed E-state index contributed by atoms with van der Waals surface area (Å²) in [5.41, 5.74) is 2.98. The summed E-state index contributed by atoms with van der Waals surface area (Å²) in [6.45, 7) is 9.11. The highest BCUT2D eigenvalue weighted by Crippen LogP contribution is 2.37. The van der Waals surface area contributed by atoms with Crippen LogP contribution in [0.5, 0.6) is 0 Å². The van der Waals surface area contributed by atoms with E-state index in [1.54, 1.807) is 5.30 Å². The van der Waals surface area contributed by atoms with Crippen molar-refractivity contribution < 1.29 is 0 Å². The van der Waals surface area contributed by atoms with E-state index < -0.39 is 0 Å². The molecule has 0 radical (unpaired) electrons. The molecule has 1 heteroatoms. The molecule has 1 aromatic carbocycles. The fourth-order valence-electron chi connectivity index (χ4n) is 1.97.